The number of nitrogens with zero attached hydrogens (tertiary/aromatic N) is 1. The van der Waals surface area contributed by atoms with Gasteiger partial charge >= 0.3 is 0 Å². The number of hydrogen-bond donors (Lipinski definition) is 2. The Morgan fingerprint density at radius 1 is 1.62 bits per heavy atom. The lowest BCUT2D eigenvalue weighted by Crippen LogP contribution is -2.48. The van der Waals surface area contributed by atoms with Crippen LogP contribution in [0.3, 0.4) is 0 Å². The third-order valence-electron chi connectivity index (χ3n) is 3.20. The number of rotatable bonds is 4. The molecular weight excluding hydrogens is 204 g/mol. The molecule has 0 bridgehead atoms. The molecule has 4 nitrogen and oxygen atoms in total. The van der Waals surface area contributed by atoms with Crippen molar-refractivity contribution in [1.29, 1.82) is 0 Å². The molecule has 1 rings (SSSR count). The van der Waals surface area contributed by atoms with Crippen molar-refractivity contribution in [3.05, 3.63) is 0 Å². The molecule has 0 aromatic heterocycles. The van der Waals surface area contributed by atoms with E-state index < -0.39 is 0 Å². The minimum Gasteiger partial charge on any atom is -0.396 e. The summed E-state index contributed by atoms with van der Waals surface area (Å²) in [5.74, 6) is 2.78. The maximum atomic E-state index is 11.7. The maximum absolute atomic E-state index is 11.7. The molecule has 2 N–H and O–H groups in total. The van der Waals surface area contributed by atoms with E-state index >= 15 is 0 Å². The molecule has 1 aliphatic rings. The zero-order valence-corrected chi connectivity index (χ0v) is 9.78. The number of aliphatic hydroxyl groups excluding tert-OH is 1. The second kappa shape index (κ2) is 6.51. The van der Waals surface area contributed by atoms with Crippen LogP contribution in [0.4, 0.5) is 0 Å². The first-order valence-electron chi connectivity index (χ1n) is 5.75. The van der Waals surface area contributed by atoms with Crippen LogP contribution in [0.15, 0.2) is 0 Å². The molecular formula is C12H20N2O2. The molecule has 0 radical (unpaired) electrons. The zero-order valence-electron chi connectivity index (χ0n) is 9.78. The van der Waals surface area contributed by atoms with Crippen molar-refractivity contribution < 1.29 is 9.90 Å². The van der Waals surface area contributed by atoms with Gasteiger partial charge in [-0.1, -0.05) is 5.92 Å². The number of terminal acetylenes is 1. The summed E-state index contributed by atoms with van der Waals surface area (Å²) in [5, 5.41) is 11.7. The Balaban J connectivity index is 2.35. The van der Waals surface area contributed by atoms with Gasteiger partial charge in [-0.15, -0.1) is 6.42 Å². The Morgan fingerprint density at radius 3 is 2.75 bits per heavy atom. The van der Waals surface area contributed by atoms with Gasteiger partial charge in [0, 0.05) is 6.61 Å². The summed E-state index contributed by atoms with van der Waals surface area (Å²) in [6.07, 6.45) is 7.01. The molecule has 0 aromatic carbocycles. The molecule has 1 saturated heterocycles. The third kappa shape index (κ3) is 3.51. The number of amides is 1. The first-order chi connectivity index (χ1) is 7.69. The molecule has 0 unspecified atom stereocenters. The third-order valence-corrected chi connectivity index (χ3v) is 3.20. The van der Waals surface area contributed by atoms with Crippen molar-refractivity contribution in [2.45, 2.75) is 25.8 Å². The first-order valence-corrected chi connectivity index (χ1v) is 5.75. The highest BCUT2D eigenvalue weighted by molar-refractivity contribution is 5.81. The monoisotopic (exact) mass is 224 g/mol. The van der Waals surface area contributed by atoms with Crippen molar-refractivity contribution in [3.8, 4) is 12.3 Å². The van der Waals surface area contributed by atoms with Crippen molar-refractivity contribution in [2.24, 2.45) is 5.92 Å². The second-order valence-corrected chi connectivity index (χ2v) is 4.26. The number of piperidine rings is 1. The Morgan fingerprint density at radius 2 is 2.25 bits per heavy atom. The van der Waals surface area contributed by atoms with Crippen LogP contribution >= 0.6 is 0 Å². The molecule has 1 fully saturated rings. The largest absolute Gasteiger partial charge is 0.396 e. The van der Waals surface area contributed by atoms with Gasteiger partial charge in [-0.2, -0.15) is 0 Å². The summed E-state index contributed by atoms with van der Waals surface area (Å²) in [6, 6.07) is -0.131. The van der Waals surface area contributed by atoms with Crippen LogP contribution in [0, 0.1) is 18.3 Å². The molecule has 1 aliphatic heterocycles. The highest BCUT2D eigenvalue weighted by Crippen LogP contribution is 2.18. The lowest BCUT2D eigenvalue weighted by atomic mass is 9.97. The van der Waals surface area contributed by atoms with Crippen LogP contribution in [0.1, 0.15) is 19.8 Å². The minimum absolute atomic E-state index is 0.0135. The quantitative estimate of drug-likeness (QED) is 0.652. The molecule has 0 aliphatic carbocycles. The van der Waals surface area contributed by atoms with Crippen LogP contribution < -0.4 is 5.32 Å². The number of carbonyl (C=O) groups is 1. The van der Waals surface area contributed by atoms with Gasteiger partial charge in [-0.3, -0.25) is 9.69 Å². The van der Waals surface area contributed by atoms with Crippen LogP contribution in [-0.2, 0) is 4.79 Å². The number of aliphatic hydroxyl groups is 1. The fourth-order valence-corrected chi connectivity index (χ4v) is 1.97. The average Bonchev–Trinajstić information content (AvgIpc) is 2.35. The zero-order chi connectivity index (χ0) is 12.0. The first kappa shape index (κ1) is 13.0. The maximum Gasteiger partial charge on any atom is 0.237 e. The van der Waals surface area contributed by atoms with E-state index in [1.54, 1.807) is 0 Å². The Hall–Kier alpha value is -1.05. The Bertz CT molecular complexity index is 265. The molecule has 90 valence electrons. The highest BCUT2D eigenvalue weighted by atomic mass is 16.3. The van der Waals surface area contributed by atoms with Crippen LogP contribution in [0.25, 0.3) is 0 Å². The fourth-order valence-electron chi connectivity index (χ4n) is 1.97. The SMILES string of the molecule is C#CCNC(=O)[C@@H](C)N1CCC(CO)CC1. The van der Waals surface area contributed by atoms with Crippen LogP contribution in [0.2, 0.25) is 0 Å². The molecule has 0 aromatic rings. The Kier molecular flexibility index (Phi) is 5.30. The summed E-state index contributed by atoms with van der Waals surface area (Å²) in [7, 11) is 0. The van der Waals surface area contributed by atoms with Gasteiger partial charge in [0.05, 0.1) is 12.6 Å². The molecule has 4 heteroatoms. The van der Waals surface area contributed by atoms with E-state index in [2.05, 4.69) is 16.1 Å². The van der Waals surface area contributed by atoms with Crippen molar-refractivity contribution >= 4 is 5.91 Å². The summed E-state index contributed by atoms with van der Waals surface area (Å²) in [5.41, 5.74) is 0. The van der Waals surface area contributed by atoms with Gasteiger partial charge in [0.1, 0.15) is 0 Å². The fraction of sp³-hybridized carbons (Fsp3) is 0.750. The number of likely N-dealkylation sites (tertiary alicyclic amines) is 1. The molecule has 1 amide bonds. The van der Waals surface area contributed by atoms with Crippen molar-refractivity contribution in [3.63, 3.8) is 0 Å². The van der Waals surface area contributed by atoms with E-state index in [0.29, 0.717) is 5.92 Å². The van der Waals surface area contributed by atoms with Crippen LogP contribution in [0.5, 0.6) is 0 Å². The lowest BCUT2D eigenvalue weighted by Gasteiger charge is -2.34. The van der Waals surface area contributed by atoms with Crippen molar-refractivity contribution in [2.75, 3.05) is 26.2 Å². The van der Waals surface area contributed by atoms with E-state index in [9.17, 15) is 4.79 Å². The standard InChI is InChI=1S/C12H20N2O2/c1-3-6-13-12(16)10(2)14-7-4-11(9-15)5-8-14/h1,10-11,15H,4-9H2,2H3,(H,13,16)/t10-/m1/s1. The number of hydrogen-bond acceptors (Lipinski definition) is 3. The predicted octanol–water partition coefficient (Wildman–Crippen LogP) is -0.171. The molecule has 16 heavy (non-hydrogen) atoms. The molecule has 0 saturated carbocycles. The topological polar surface area (TPSA) is 52.6 Å². The van der Waals surface area contributed by atoms with E-state index in [0.717, 1.165) is 25.9 Å². The second-order valence-electron chi connectivity index (χ2n) is 4.26. The highest BCUT2D eigenvalue weighted by Gasteiger charge is 2.25. The van der Waals surface area contributed by atoms with Crippen molar-refractivity contribution in [1.82, 2.24) is 10.2 Å². The average molecular weight is 224 g/mol. The van der Waals surface area contributed by atoms with E-state index in [4.69, 9.17) is 11.5 Å². The minimum atomic E-state index is -0.131. The van der Waals surface area contributed by atoms with E-state index in [1.165, 1.54) is 0 Å². The normalized spacial score (nSPS) is 20.1. The smallest absolute Gasteiger partial charge is 0.237 e. The summed E-state index contributed by atoms with van der Waals surface area (Å²) in [4.78, 5) is 13.8. The van der Waals surface area contributed by atoms with E-state index in [-0.39, 0.29) is 25.1 Å². The number of carbonyl (C=O) groups excluding carboxylic acids is 1. The van der Waals surface area contributed by atoms with Gasteiger partial charge < -0.3 is 10.4 Å². The summed E-state index contributed by atoms with van der Waals surface area (Å²) in [6.45, 7) is 4.18. The van der Waals surface area contributed by atoms with Gasteiger partial charge in [0.25, 0.3) is 0 Å². The summed E-state index contributed by atoms with van der Waals surface area (Å²) >= 11 is 0. The van der Waals surface area contributed by atoms with Gasteiger partial charge in [-0.05, 0) is 38.8 Å². The lowest BCUT2D eigenvalue weighted by molar-refractivity contribution is -0.126. The van der Waals surface area contributed by atoms with Gasteiger partial charge in [-0.25, -0.2) is 0 Å². The Labute approximate surface area is 97.0 Å². The molecule has 1 atom stereocenters. The van der Waals surface area contributed by atoms with Gasteiger partial charge in [0.2, 0.25) is 5.91 Å². The van der Waals surface area contributed by atoms with Gasteiger partial charge in [0.15, 0.2) is 0 Å². The van der Waals surface area contributed by atoms with Crippen LogP contribution in [-0.4, -0.2) is 48.2 Å². The van der Waals surface area contributed by atoms with E-state index in [1.807, 2.05) is 6.92 Å². The predicted molar refractivity (Wildman–Crippen MR) is 62.7 cm³/mol. The molecule has 1 heterocycles. The number of nitrogens with one attached hydrogen (secondary N) is 1. The summed E-state index contributed by atoms with van der Waals surface area (Å²) < 4.78 is 0. The molecule has 0 spiro atoms.